The lowest BCUT2D eigenvalue weighted by Crippen LogP contribution is -2.01. The molecule has 0 saturated heterocycles. The molecule has 0 saturated carbocycles. The number of hydrogen-bond donors (Lipinski definition) is 0. The topological polar surface area (TPSA) is 12.9 Å². The molecule has 0 bridgehead atoms. The van der Waals surface area contributed by atoms with E-state index in [0.29, 0.717) is 5.92 Å². The summed E-state index contributed by atoms with van der Waals surface area (Å²) in [6.07, 6.45) is 3.16. The van der Waals surface area contributed by atoms with E-state index in [2.05, 4.69) is 39.6 Å². The normalized spacial score (nSPS) is 10.9. The molecule has 0 amide bonds. The fourth-order valence-electron chi connectivity index (χ4n) is 1.53. The number of aryl methyl sites for hydroxylation is 1. The van der Waals surface area contributed by atoms with Gasteiger partial charge in [-0.05, 0) is 49.8 Å². The molecule has 1 rings (SSSR count). The second-order valence-corrected chi connectivity index (χ2v) is 4.22. The molecule has 1 heteroatoms. The molecular formula is C12H19N. The summed E-state index contributed by atoms with van der Waals surface area (Å²) in [5.74, 6) is 0.711. The summed E-state index contributed by atoms with van der Waals surface area (Å²) in [6.45, 7) is 10.9. The zero-order valence-corrected chi connectivity index (χ0v) is 9.31. The molecule has 0 aliphatic rings. The Hall–Kier alpha value is -0.850. The van der Waals surface area contributed by atoms with E-state index in [4.69, 9.17) is 0 Å². The maximum Gasteiger partial charge on any atom is 0.0404 e. The van der Waals surface area contributed by atoms with E-state index in [0.717, 1.165) is 12.1 Å². The van der Waals surface area contributed by atoms with Crippen LogP contribution in [-0.2, 0) is 6.42 Å². The van der Waals surface area contributed by atoms with Crippen LogP contribution in [0.2, 0.25) is 0 Å². The molecule has 0 atom stereocenters. The van der Waals surface area contributed by atoms with Crippen LogP contribution < -0.4 is 0 Å². The van der Waals surface area contributed by atoms with Crippen molar-refractivity contribution in [3.63, 3.8) is 0 Å². The quantitative estimate of drug-likeness (QED) is 0.676. The molecule has 0 N–H and O–H groups in total. The molecule has 0 spiro atoms. The number of aromatic nitrogens is 1. The van der Waals surface area contributed by atoms with Crippen LogP contribution in [0.3, 0.4) is 0 Å². The minimum atomic E-state index is 0.711. The lowest BCUT2D eigenvalue weighted by molar-refractivity contribution is 0.642. The summed E-state index contributed by atoms with van der Waals surface area (Å²) < 4.78 is 0. The van der Waals surface area contributed by atoms with E-state index in [9.17, 15) is 0 Å². The highest BCUT2D eigenvalue weighted by Crippen LogP contribution is 2.17. The van der Waals surface area contributed by atoms with Crippen LogP contribution in [0.4, 0.5) is 0 Å². The average Bonchev–Trinajstić information content (AvgIpc) is 2.06. The molecule has 13 heavy (non-hydrogen) atoms. The van der Waals surface area contributed by atoms with E-state index in [1.54, 1.807) is 0 Å². The zero-order valence-electron chi connectivity index (χ0n) is 9.31. The van der Waals surface area contributed by atoms with E-state index in [-0.39, 0.29) is 0 Å². The van der Waals surface area contributed by atoms with Crippen LogP contribution in [0.15, 0.2) is 6.20 Å². The fraction of sp³-hybridized carbons (Fsp3) is 0.583. The first-order chi connectivity index (χ1) is 6.02. The van der Waals surface area contributed by atoms with Crippen LogP contribution in [0, 0.1) is 26.7 Å². The van der Waals surface area contributed by atoms with Crippen molar-refractivity contribution in [2.75, 3.05) is 0 Å². The van der Waals surface area contributed by atoms with Gasteiger partial charge in [-0.25, -0.2) is 0 Å². The smallest absolute Gasteiger partial charge is 0.0404 e. The van der Waals surface area contributed by atoms with E-state index >= 15 is 0 Å². The second-order valence-electron chi connectivity index (χ2n) is 4.22. The van der Waals surface area contributed by atoms with Gasteiger partial charge in [-0.3, -0.25) is 4.98 Å². The van der Waals surface area contributed by atoms with Gasteiger partial charge < -0.3 is 0 Å². The van der Waals surface area contributed by atoms with Crippen LogP contribution >= 0.6 is 0 Å². The first-order valence-corrected chi connectivity index (χ1v) is 4.94. The number of rotatable bonds is 2. The largest absolute Gasteiger partial charge is 0.261 e. The van der Waals surface area contributed by atoms with Crippen LogP contribution in [0.25, 0.3) is 0 Å². The van der Waals surface area contributed by atoms with E-state index < -0.39 is 0 Å². The molecule has 1 nitrogen and oxygen atoms in total. The van der Waals surface area contributed by atoms with Crippen molar-refractivity contribution in [1.82, 2.24) is 4.98 Å². The molecule has 1 heterocycles. The lowest BCUT2D eigenvalue weighted by Gasteiger charge is -2.11. The van der Waals surface area contributed by atoms with E-state index in [1.165, 1.54) is 16.7 Å². The zero-order chi connectivity index (χ0) is 10.0. The summed E-state index contributed by atoms with van der Waals surface area (Å²) in [7, 11) is 0. The van der Waals surface area contributed by atoms with Gasteiger partial charge in [-0.1, -0.05) is 13.8 Å². The van der Waals surface area contributed by atoms with Crippen molar-refractivity contribution in [1.29, 1.82) is 0 Å². The van der Waals surface area contributed by atoms with Crippen LogP contribution in [0.5, 0.6) is 0 Å². The number of hydrogen-bond acceptors (Lipinski definition) is 1. The van der Waals surface area contributed by atoms with Gasteiger partial charge in [0.1, 0.15) is 0 Å². The number of nitrogens with zero attached hydrogens (tertiary/aromatic N) is 1. The van der Waals surface area contributed by atoms with Crippen molar-refractivity contribution >= 4 is 0 Å². The molecule has 0 aliphatic carbocycles. The van der Waals surface area contributed by atoms with Gasteiger partial charge in [0.2, 0.25) is 0 Å². The Kier molecular flexibility index (Phi) is 3.07. The Bertz CT molecular complexity index is 300. The van der Waals surface area contributed by atoms with Crippen LogP contribution in [-0.4, -0.2) is 4.98 Å². The fourth-order valence-corrected chi connectivity index (χ4v) is 1.53. The highest BCUT2D eigenvalue weighted by Gasteiger charge is 2.05. The molecule has 0 radical (unpaired) electrons. The monoisotopic (exact) mass is 177 g/mol. The summed E-state index contributed by atoms with van der Waals surface area (Å²) >= 11 is 0. The predicted molar refractivity (Wildman–Crippen MR) is 57.0 cm³/mol. The maximum atomic E-state index is 4.39. The Labute approximate surface area is 81.2 Å². The Morgan fingerprint density at radius 3 is 2.31 bits per heavy atom. The van der Waals surface area contributed by atoms with Crippen LogP contribution in [0.1, 0.15) is 36.2 Å². The van der Waals surface area contributed by atoms with Crippen molar-refractivity contribution in [2.45, 2.75) is 41.0 Å². The van der Waals surface area contributed by atoms with Gasteiger partial charge in [-0.2, -0.15) is 0 Å². The first-order valence-electron chi connectivity index (χ1n) is 4.94. The Balaban J connectivity index is 3.04. The SMILES string of the molecule is Cc1ncc(CC(C)C)c(C)c1C. The third kappa shape index (κ3) is 2.30. The molecule has 0 aromatic carbocycles. The van der Waals surface area contributed by atoms with Crippen molar-refractivity contribution < 1.29 is 0 Å². The molecule has 1 aromatic heterocycles. The summed E-state index contributed by atoms with van der Waals surface area (Å²) in [6, 6.07) is 0. The minimum Gasteiger partial charge on any atom is -0.261 e. The van der Waals surface area contributed by atoms with Crippen molar-refractivity contribution in [2.24, 2.45) is 5.92 Å². The first kappa shape index (κ1) is 10.2. The molecule has 1 aromatic rings. The maximum absolute atomic E-state index is 4.39. The standard InChI is InChI=1S/C12H19N/c1-8(2)6-12-7-13-11(5)9(3)10(12)4/h7-8H,6H2,1-5H3. The summed E-state index contributed by atoms with van der Waals surface area (Å²) in [4.78, 5) is 4.39. The predicted octanol–water partition coefficient (Wildman–Crippen LogP) is 3.21. The van der Waals surface area contributed by atoms with Gasteiger partial charge in [0, 0.05) is 11.9 Å². The molecule has 0 unspecified atom stereocenters. The highest BCUT2D eigenvalue weighted by molar-refractivity contribution is 5.33. The van der Waals surface area contributed by atoms with Crippen molar-refractivity contribution in [3.05, 3.63) is 28.6 Å². The second kappa shape index (κ2) is 3.91. The molecule has 0 aliphatic heterocycles. The summed E-state index contributed by atoms with van der Waals surface area (Å²) in [5, 5.41) is 0. The number of pyridine rings is 1. The van der Waals surface area contributed by atoms with Crippen molar-refractivity contribution in [3.8, 4) is 0 Å². The van der Waals surface area contributed by atoms with E-state index in [1.807, 2.05) is 6.20 Å². The van der Waals surface area contributed by atoms with Gasteiger partial charge in [0.05, 0.1) is 0 Å². The summed E-state index contributed by atoms with van der Waals surface area (Å²) in [5.41, 5.74) is 5.32. The minimum absolute atomic E-state index is 0.711. The van der Waals surface area contributed by atoms with Gasteiger partial charge >= 0.3 is 0 Å². The lowest BCUT2D eigenvalue weighted by atomic mass is 9.97. The Morgan fingerprint density at radius 2 is 1.77 bits per heavy atom. The molecule has 72 valence electrons. The average molecular weight is 177 g/mol. The Morgan fingerprint density at radius 1 is 1.15 bits per heavy atom. The molecular weight excluding hydrogens is 158 g/mol. The van der Waals surface area contributed by atoms with Gasteiger partial charge in [0.25, 0.3) is 0 Å². The highest BCUT2D eigenvalue weighted by atomic mass is 14.7. The van der Waals surface area contributed by atoms with Gasteiger partial charge in [0.15, 0.2) is 0 Å². The molecule has 0 fully saturated rings. The third-order valence-electron chi connectivity index (χ3n) is 2.63. The third-order valence-corrected chi connectivity index (χ3v) is 2.63. The van der Waals surface area contributed by atoms with Gasteiger partial charge in [-0.15, -0.1) is 0 Å².